The number of fused-ring (bicyclic) bond motifs is 4. The summed E-state index contributed by atoms with van der Waals surface area (Å²) < 4.78 is 35.3. The van der Waals surface area contributed by atoms with Crippen LogP contribution >= 0.6 is 0 Å². The van der Waals surface area contributed by atoms with Gasteiger partial charge in [0.25, 0.3) is 11.8 Å². The number of benzene rings is 2. The number of hydrogen-bond donors (Lipinski definition) is 2. The lowest BCUT2D eigenvalue weighted by Gasteiger charge is -2.45. The summed E-state index contributed by atoms with van der Waals surface area (Å²) in [5, 5.41) is 12.8. The molecule has 222 valence electrons. The van der Waals surface area contributed by atoms with Crippen LogP contribution in [0.2, 0.25) is 0 Å². The van der Waals surface area contributed by atoms with Crippen LogP contribution < -0.4 is 15.5 Å². The van der Waals surface area contributed by atoms with Gasteiger partial charge >= 0.3 is 0 Å². The van der Waals surface area contributed by atoms with E-state index in [1.165, 1.54) is 12.3 Å². The first-order chi connectivity index (χ1) is 20.1. The van der Waals surface area contributed by atoms with Crippen LogP contribution in [-0.4, -0.2) is 45.6 Å². The van der Waals surface area contributed by atoms with Gasteiger partial charge in [0, 0.05) is 42.4 Å². The summed E-state index contributed by atoms with van der Waals surface area (Å²) in [7, 11) is 0. The predicted molar refractivity (Wildman–Crippen MR) is 152 cm³/mol. The minimum Gasteiger partial charge on any atom is -0.483 e. The Morgan fingerprint density at radius 1 is 1.14 bits per heavy atom. The minimum atomic E-state index is -0.815. The molecule has 1 fully saturated rings. The van der Waals surface area contributed by atoms with Gasteiger partial charge in [-0.15, -0.1) is 0 Å². The highest BCUT2D eigenvalue weighted by Gasteiger charge is 2.44. The lowest BCUT2D eigenvalue weighted by Crippen LogP contribution is -2.54. The van der Waals surface area contributed by atoms with Crippen molar-refractivity contribution < 1.29 is 28.2 Å². The Labute approximate surface area is 242 Å². The Hall–Kier alpha value is -4.05. The smallest absolute Gasteiger partial charge is 0.274 e. The van der Waals surface area contributed by atoms with E-state index in [0.29, 0.717) is 13.0 Å². The Kier molecular flexibility index (Phi) is 8.45. The number of nitrogens with zero attached hydrogens (tertiary/aromatic N) is 2. The number of aliphatic hydroxyl groups is 1. The average molecular weight is 580 g/mol. The second kappa shape index (κ2) is 12.1. The van der Waals surface area contributed by atoms with Crippen LogP contribution in [0.15, 0.2) is 59.5 Å². The molecule has 1 saturated heterocycles. The second-order valence-electron chi connectivity index (χ2n) is 11.5. The molecule has 0 radical (unpaired) electrons. The fourth-order valence-corrected chi connectivity index (χ4v) is 5.87. The van der Waals surface area contributed by atoms with Gasteiger partial charge in [-0.05, 0) is 31.4 Å². The number of aliphatic hydroxyl groups excluding tert-OH is 1. The molecule has 2 aromatic carbocycles. The molecule has 1 aromatic heterocycles. The third-order valence-electron chi connectivity index (χ3n) is 8.75. The Morgan fingerprint density at radius 2 is 1.90 bits per heavy atom. The normalized spacial score (nSPS) is 22.0. The number of carbonyl (C=O) groups excluding carboxylic acids is 2. The van der Waals surface area contributed by atoms with Gasteiger partial charge in [0.05, 0.1) is 12.6 Å². The molecular formula is C32H35F2N3O5. The predicted octanol–water partition coefficient (Wildman–Crippen LogP) is 4.59. The number of pyridine rings is 1. The largest absolute Gasteiger partial charge is 0.483 e. The minimum absolute atomic E-state index is 0.00318. The molecule has 3 heterocycles. The number of halogens is 2. The SMILES string of the molecule is C[C@@H]1N2C[C@@H](CCCCC1(C)CO)n1cc(C(=O)NCc3ccc(F)cc3F)c(=O)c(OCc3ccccc3)c1C2=O. The lowest BCUT2D eigenvalue weighted by atomic mass is 9.78. The van der Waals surface area contributed by atoms with Crippen molar-refractivity contribution in [3.63, 3.8) is 0 Å². The Balaban J connectivity index is 1.57. The van der Waals surface area contributed by atoms with E-state index in [1.54, 1.807) is 9.47 Å². The number of aromatic nitrogens is 1. The topological polar surface area (TPSA) is 101 Å². The van der Waals surface area contributed by atoms with Crippen LogP contribution in [0.25, 0.3) is 0 Å². The van der Waals surface area contributed by atoms with Gasteiger partial charge in [0.2, 0.25) is 5.43 Å². The zero-order chi connectivity index (χ0) is 30.0. The van der Waals surface area contributed by atoms with Crippen molar-refractivity contribution >= 4 is 11.8 Å². The van der Waals surface area contributed by atoms with Crippen LogP contribution in [0.5, 0.6) is 5.75 Å². The molecule has 5 rings (SSSR count). The van der Waals surface area contributed by atoms with Crippen LogP contribution in [0.1, 0.15) is 77.5 Å². The van der Waals surface area contributed by atoms with Gasteiger partial charge < -0.3 is 24.6 Å². The molecule has 0 aliphatic carbocycles. The highest BCUT2D eigenvalue weighted by atomic mass is 19.1. The summed E-state index contributed by atoms with van der Waals surface area (Å²) in [6.45, 7) is 3.89. The number of hydrogen-bond acceptors (Lipinski definition) is 5. The van der Waals surface area contributed by atoms with E-state index >= 15 is 0 Å². The molecular weight excluding hydrogens is 544 g/mol. The first-order valence-electron chi connectivity index (χ1n) is 14.2. The second-order valence-corrected chi connectivity index (χ2v) is 11.5. The van der Waals surface area contributed by atoms with E-state index < -0.39 is 34.3 Å². The van der Waals surface area contributed by atoms with Gasteiger partial charge in [-0.2, -0.15) is 0 Å². The van der Waals surface area contributed by atoms with Crippen molar-refractivity contribution in [1.82, 2.24) is 14.8 Å². The molecule has 1 unspecified atom stereocenters. The van der Waals surface area contributed by atoms with Crippen LogP contribution in [0.3, 0.4) is 0 Å². The van der Waals surface area contributed by atoms with E-state index in [0.717, 1.165) is 37.0 Å². The quantitative estimate of drug-likeness (QED) is 0.427. The van der Waals surface area contributed by atoms with Crippen molar-refractivity contribution in [2.24, 2.45) is 5.41 Å². The summed E-state index contributed by atoms with van der Waals surface area (Å²) in [6, 6.07) is 11.7. The molecule has 8 nitrogen and oxygen atoms in total. The van der Waals surface area contributed by atoms with E-state index in [4.69, 9.17) is 4.74 Å². The van der Waals surface area contributed by atoms with Crippen molar-refractivity contribution in [2.75, 3.05) is 13.2 Å². The van der Waals surface area contributed by atoms with E-state index in [2.05, 4.69) is 5.32 Å². The molecule has 42 heavy (non-hydrogen) atoms. The number of amides is 2. The molecule has 3 atom stereocenters. The average Bonchev–Trinajstić information content (AvgIpc) is 3.03. The van der Waals surface area contributed by atoms with Crippen LogP contribution in [-0.2, 0) is 13.2 Å². The summed E-state index contributed by atoms with van der Waals surface area (Å²) in [5.74, 6) is -2.94. The summed E-state index contributed by atoms with van der Waals surface area (Å²) in [4.78, 5) is 43.0. The van der Waals surface area contributed by atoms with Gasteiger partial charge in [-0.3, -0.25) is 14.4 Å². The molecule has 3 aromatic rings. The summed E-state index contributed by atoms with van der Waals surface area (Å²) >= 11 is 0. The molecule has 2 N–H and O–H groups in total. The lowest BCUT2D eigenvalue weighted by molar-refractivity contribution is 0.0156. The third kappa shape index (κ3) is 5.68. The highest BCUT2D eigenvalue weighted by Crippen LogP contribution is 2.39. The molecule has 0 spiro atoms. The first kappa shape index (κ1) is 29.4. The number of nitrogens with one attached hydrogen (secondary N) is 1. The number of rotatable bonds is 7. The van der Waals surface area contributed by atoms with Crippen molar-refractivity contribution in [3.05, 3.63) is 99.0 Å². The maximum absolute atomic E-state index is 14.2. The zero-order valence-electron chi connectivity index (χ0n) is 23.7. The fraction of sp³-hybridized carbons (Fsp3) is 0.406. The van der Waals surface area contributed by atoms with E-state index in [9.17, 15) is 28.3 Å². The van der Waals surface area contributed by atoms with E-state index in [1.807, 2.05) is 44.2 Å². The molecule has 2 aliphatic rings. The Bertz CT molecular complexity index is 1540. The molecule has 10 heteroatoms. The third-order valence-corrected chi connectivity index (χ3v) is 8.75. The monoisotopic (exact) mass is 579 g/mol. The Morgan fingerprint density at radius 3 is 2.62 bits per heavy atom. The van der Waals surface area contributed by atoms with Gasteiger partial charge in [-0.1, -0.05) is 56.2 Å². The molecule has 0 saturated carbocycles. The first-order valence-corrected chi connectivity index (χ1v) is 14.2. The summed E-state index contributed by atoms with van der Waals surface area (Å²) in [5.41, 5.74) is -0.607. The fourth-order valence-electron chi connectivity index (χ4n) is 5.87. The van der Waals surface area contributed by atoms with Gasteiger partial charge in [-0.25, -0.2) is 8.78 Å². The molecule has 2 aliphatic heterocycles. The van der Waals surface area contributed by atoms with Crippen molar-refractivity contribution in [2.45, 2.75) is 64.8 Å². The van der Waals surface area contributed by atoms with Crippen LogP contribution in [0, 0.1) is 17.0 Å². The van der Waals surface area contributed by atoms with E-state index in [-0.39, 0.29) is 54.4 Å². The number of ether oxygens (including phenoxy) is 1. The van der Waals surface area contributed by atoms with Crippen molar-refractivity contribution in [3.8, 4) is 5.75 Å². The van der Waals surface area contributed by atoms with Crippen molar-refractivity contribution in [1.29, 1.82) is 0 Å². The van der Waals surface area contributed by atoms with Gasteiger partial charge in [0.1, 0.15) is 23.8 Å². The van der Waals surface area contributed by atoms with Crippen LogP contribution in [0.4, 0.5) is 8.78 Å². The maximum Gasteiger partial charge on any atom is 0.274 e. The maximum atomic E-state index is 14.2. The molecule has 2 bridgehead atoms. The molecule has 2 amide bonds. The summed E-state index contributed by atoms with van der Waals surface area (Å²) in [6.07, 6.45) is 4.50. The van der Waals surface area contributed by atoms with Gasteiger partial charge in [0.15, 0.2) is 11.4 Å². The zero-order valence-corrected chi connectivity index (χ0v) is 23.7. The standard InChI is InChI=1S/C32H35F2N3O5/c1-20-32(2,19-38)13-7-6-10-24-16-36(20)31(41)27-29(42-18-21-8-4-3-5-9-21)28(39)25(17-37(24)27)30(40)35-15-22-11-12-23(33)14-26(22)34/h3-5,8-9,11-12,14,17,20,24,38H,6-7,10,13,15-16,18-19H2,1-2H3,(H,35,40)/t20-,24+,32?/m0/s1. The highest BCUT2D eigenvalue weighted by molar-refractivity contribution is 5.99. The number of carbonyl (C=O) groups is 2.